The molecule has 0 aromatic carbocycles. The smallest absolute Gasteiger partial charge is 0.0813 e. The van der Waals surface area contributed by atoms with Crippen molar-refractivity contribution in [3.8, 4) is 0 Å². The standard InChI is InChI=1S/C7H11N5/c8-5-3-11-12-7(5)6-4-9-1-2-10-6/h1-2,4-5,7,11-12H,3,8H2. The predicted octanol–water partition coefficient (Wildman–Crippen LogP) is -1.05. The van der Waals surface area contributed by atoms with Crippen molar-refractivity contribution >= 4 is 0 Å². The molecule has 0 radical (unpaired) electrons. The molecule has 2 unspecified atom stereocenters. The lowest BCUT2D eigenvalue weighted by Gasteiger charge is -2.12. The molecule has 0 spiro atoms. The van der Waals surface area contributed by atoms with Crippen LogP contribution in [0.15, 0.2) is 18.6 Å². The van der Waals surface area contributed by atoms with Gasteiger partial charge in [-0.25, -0.2) is 5.43 Å². The molecule has 0 saturated carbocycles. The van der Waals surface area contributed by atoms with Crippen molar-refractivity contribution in [2.45, 2.75) is 12.1 Å². The zero-order valence-corrected chi connectivity index (χ0v) is 6.57. The highest BCUT2D eigenvalue weighted by atomic mass is 15.4. The molecular weight excluding hydrogens is 154 g/mol. The van der Waals surface area contributed by atoms with E-state index in [0.717, 1.165) is 12.2 Å². The molecule has 2 rings (SSSR count). The summed E-state index contributed by atoms with van der Waals surface area (Å²) in [7, 11) is 0. The maximum Gasteiger partial charge on any atom is 0.0813 e. The first-order valence-electron chi connectivity index (χ1n) is 3.88. The molecule has 1 aromatic rings. The molecule has 0 bridgehead atoms. The van der Waals surface area contributed by atoms with E-state index in [9.17, 15) is 0 Å². The van der Waals surface area contributed by atoms with Gasteiger partial charge in [-0.05, 0) is 0 Å². The number of hydrazine groups is 1. The van der Waals surface area contributed by atoms with Gasteiger partial charge in [0.15, 0.2) is 0 Å². The Morgan fingerprint density at radius 3 is 3.00 bits per heavy atom. The zero-order chi connectivity index (χ0) is 8.39. The van der Waals surface area contributed by atoms with Crippen LogP contribution in [0.3, 0.4) is 0 Å². The van der Waals surface area contributed by atoms with E-state index in [1.54, 1.807) is 18.6 Å². The number of nitrogens with two attached hydrogens (primary N) is 1. The molecule has 4 N–H and O–H groups in total. The van der Waals surface area contributed by atoms with Crippen LogP contribution in [-0.2, 0) is 0 Å². The van der Waals surface area contributed by atoms with Gasteiger partial charge >= 0.3 is 0 Å². The number of nitrogens with one attached hydrogen (secondary N) is 2. The Bertz CT molecular complexity index is 249. The SMILES string of the molecule is NC1CNNC1c1cnccn1. The van der Waals surface area contributed by atoms with Crippen LogP contribution < -0.4 is 16.6 Å². The van der Waals surface area contributed by atoms with E-state index in [0.29, 0.717) is 0 Å². The van der Waals surface area contributed by atoms with Crippen LogP contribution in [0.4, 0.5) is 0 Å². The summed E-state index contributed by atoms with van der Waals surface area (Å²) >= 11 is 0. The highest BCUT2D eigenvalue weighted by Gasteiger charge is 2.25. The molecule has 5 nitrogen and oxygen atoms in total. The normalized spacial score (nSPS) is 29.1. The van der Waals surface area contributed by atoms with Gasteiger partial charge in [0.25, 0.3) is 0 Å². The molecule has 2 atom stereocenters. The molecule has 64 valence electrons. The fourth-order valence-corrected chi connectivity index (χ4v) is 1.28. The van der Waals surface area contributed by atoms with Gasteiger partial charge < -0.3 is 5.73 Å². The average Bonchev–Trinajstić information content (AvgIpc) is 2.53. The number of nitrogens with zero attached hydrogens (tertiary/aromatic N) is 2. The second kappa shape index (κ2) is 3.14. The second-order valence-corrected chi connectivity index (χ2v) is 2.80. The van der Waals surface area contributed by atoms with E-state index in [1.165, 1.54) is 0 Å². The highest BCUT2D eigenvalue weighted by Crippen LogP contribution is 2.13. The second-order valence-electron chi connectivity index (χ2n) is 2.80. The van der Waals surface area contributed by atoms with Crippen molar-refractivity contribution in [2.24, 2.45) is 5.73 Å². The van der Waals surface area contributed by atoms with E-state index in [2.05, 4.69) is 20.8 Å². The maximum absolute atomic E-state index is 5.82. The summed E-state index contributed by atoms with van der Waals surface area (Å²) < 4.78 is 0. The Hall–Kier alpha value is -1.04. The van der Waals surface area contributed by atoms with Crippen LogP contribution in [0.25, 0.3) is 0 Å². The number of rotatable bonds is 1. The van der Waals surface area contributed by atoms with E-state index < -0.39 is 0 Å². The predicted molar refractivity (Wildman–Crippen MR) is 43.9 cm³/mol. The summed E-state index contributed by atoms with van der Waals surface area (Å²) in [6, 6.07) is 0.153. The van der Waals surface area contributed by atoms with Gasteiger partial charge in [-0.2, -0.15) is 0 Å². The van der Waals surface area contributed by atoms with Crippen molar-refractivity contribution in [3.63, 3.8) is 0 Å². The fourth-order valence-electron chi connectivity index (χ4n) is 1.28. The molecule has 1 saturated heterocycles. The third-order valence-electron chi connectivity index (χ3n) is 1.93. The van der Waals surface area contributed by atoms with Gasteiger partial charge in [0.05, 0.1) is 17.9 Å². The van der Waals surface area contributed by atoms with E-state index in [-0.39, 0.29) is 12.1 Å². The minimum atomic E-state index is 0.0710. The summed E-state index contributed by atoms with van der Waals surface area (Å²) in [5, 5.41) is 0. The topological polar surface area (TPSA) is 75.9 Å². The van der Waals surface area contributed by atoms with Gasteiger partial charge in [-0.15, -0.1) is 0 Å². The van der Waals surface area contributed by atoms with Gasteiger partial charge in [0.2, 0.25) is 0 Å². The number of aromatic nitrogens is 2. The van der Waals surface area contributed by atoms with Crippen LogP contribution >= 0.6 is 0 Å². The van der Waals surface area contributed by atoms with Crippen molar-refractivity contribution in [1.29, 1.82) is 0 Å². The van der Waals surface area contributed by atoms with Crippen LogP contribution in [0.1, 0.15) is 11.7 Å². The molecule has 1 aromatic heterocycles. The number of hydrogen-bond donors (Lipinski definition) is 3. The fraction of sp³-hybridized carbons (Fsp3) is 0.429. The molecule has 1 aliphatic heterocycles. The third-order valence-corrected chi connectivity index (χ3v) is 1.93. The monoisotopic (exact) mass is 165 g/mol. The lowest BCUT2D eigenvalue weighted by atomic mass is 10.1. The zero-order valence-electron chi connectivity index (χ0n) is 6.57. The Morgan fingerprint density at radius 2 is 2.42 bits per heavy atom. The first-order valence-corrected chi connectivity index (χ1v) is 3.88. The van der Waals surface area contributed by atoms with Crippen LogP contribution in [0.2, 0.25) is 0 Å². The molecule has 2 heterocycles. The summed E-state index contributed by atoms with van der Waals surface area (Å²) in [5.41, 5.74) is 12.7. The van der Waals surface area contributed by atoms with Crippen molar-refractivity contribution in [2.75, 3.05) is 6.54 Å². The summed E-state index contributed by atoms with van der Waals surface area (Å²) in [6.07, 6.45) is 5.05. The minimum Gasteiger partial charge on any atom is -0.325 e. The molecule has 1 aliphatic rings. The van der Waals surface area contributed by atoms with Crippen LogP contribution in [-0.4, -0.2) is 22.6 Å². The molecule has 12 heavy (non-hydrogen) atoms. The quantitative estimate of drug-likeness (QED) is 0.495. The van der Waals surface area contributed by atoms with Crippen molar-refractivity contribution in [1.82, 2.24) is 20.8 Å². The highest BCUT2D eigenvalue weighted by molar-refractivity contribution is 5.07. The minimum absolute atomic E-state index is 0.0710. The number of hydrogen-bond acceptors (Lipinski definition) is 5. The Morgan fingerprint density at radius 1 is 1.50 bits per heavy atom. The Balaban J connectivity index is 2.19. The first-order chi connectivity index (χ1) is 5.88. The van der Waals surface area contributed by atoms with Gasteiger partial charge in [-0.1, -0.05) is 0 Å². The lowest BCUT2D eigenvalue weighted by Crippen LogP contribution is -2.30. The van der Waals surface area contributed by atoms with Crippen molar-refractivity contribution < 1.29 is 0 Å². The van der Waals surface area contributed by atoms with Crippen LogP contribution in [0, 0.1) is 0 Å². The largest absolute Gasteiger partial charge is 0.325 e. The summed E-state index contributed by atoms with van der Waals surface area (Å²) in [4.78, 5) is 8.14. The van der Waals surface area contributed by atoms with Gasteiger partial charge in [0, 0.05) is 25.0 Å². The van der Waals surface area contributed by atoms with E-state index in [4.69, 9.17) is 5.73 Å². The molecule has 1 fully saturated rings. The molecular formula is C7H11N5. The van der Waals surface area contributed by atoms with E-state index >= 15 is 0 Å². The summed E-state index contributed by atoms with van der Waals surface area (Å²) in [5.74, 6) is 0. The van der Waals surface area contributed by atoms with Gasteiger partial charge in [-0.3, -0.25) is 15.4 Å². The Kier molecular flexibility index (Phi) is 1.99. The molecule has 0 aliphatic carbocycles. The Labute approximate surface area is 70.4 Å². The third kappa shape index (κ3) is 1.29. The molecule has 0 amide bonds. The lowest BCUT2D eigenvalue weighted by molar-refractivity contribution is 0.536. The maximum atomic E-state index is 5.82. The first kappa shape index (κ1) is 7.60. The molecule has 5 heteroatoms. The van der Waals surface area contributed by atoms with E-state index in [1.807, 2.05) is 0 Å². The summed E-state index contributed by atoms with van der Waals surface area (Å²) in [6.45, 7) is 0.765. The average molecular weight is 165 g/mol. The van der Waals surface area contributed by atoms with Crippen LogP contribution in [0.5, 0.6) is 0 Å². The van der Waals surface area contributed by atoms with Crippen molar-refractivity contribution in [3.05, 3.63) is 24.3 Å². The van der Waals surface area contributed by atoms with Gasteiger partial charge in [0.1, 0.15) is 0 Å².